The molecular weight excluding hydrogens is 442 g/mol. The number of halogens is 1. The Hall–Kier alpha value is -2.02. The van der Waals surface area contributed by atoms with Crippen LogP contribution < -0.4 is 10.5 Å². The molecule has 0 amide bonds. The van der Waals surface area contributed by atoms with Gasteiger partial charge in [-0.3, -0.25) is 0 Å². The Morgan fingerprint density at radius 2 is 1.78 bits per heavy atom. The topological polar surface area (TPSA) is 75.7 Å². The molecule has 3 aromatic carbocycles. The van der Waals surface area contributed by atoms with Crippen LogP contribution in [-0.4, -0.2) is 22.9 Å². The molecule has 0 fully saturated rings. The molecule has 0 spiro atoms. The van der Waals surface area contributed by atoms with Crippen molar-refractivity contribution in [2.24, 2.45) is 5.73 Å². The number of nitrogens with two attached hydrogens (primary N) is 1. The van der Waals surface area contributed by atoms with Crippen LogP contribution in [0.2, 0.25) is 5.02 Å². The number of aliphatic hydroxyl groups excluding tert-OH is 2. The van der Waals surface area contributed by atoms with Gasteiger partial charge < -0.3 is 20.7 Å². The van der Waals surface area contributed by atoms with E-state index in [2.05, 4.69) is 0 Å². The highest BCUT2D eigenvalue weighted by molar-refractivity contribution is 7.99. The second-order valence-corrected chi connectivity index (χ2v) is 9.43. The van der Waals surface area contributed by atoms with Crippen LogP contribution in [0.15, 0.2) is 82.6 Å². The highest BCUT2D eigenvalue weighted by Gasteiger charge is 2.30. The minimum atomic E-state index is -0.750. The van der Waals surface area contributed by atoms with Gasteiger partial charge in [-0.25, -0.2) is 0 Å². The number of rotatable bonds is 11. The highest BCUT2D eigenvalue weighted by Crippen LogP contribution is 2.38. The Kier molecular flexibility index (Phi) is 9.02. The fourth-order valence-corrected chi connectivity index (χ4v) is 4.92. The summed E-state index contributed by atoms with van der Waals surface area (Å²) < 4.78 is 5.93. The lowest BCUT2D eigenvalue weighted by Crippen LogP contribution is -2.40. The van der Waals surface area contributed by atoms with Crippen molar-refractivity contribution < 1.29 is 14.9 Å². The molecule has 4 N–H and O–H groups in total. The maximum Gasteiger partial charge on any atom is 0.120 e. The summed E-state index contributed by atoms with van der Waals surface area (Å²) in [4.78, 5) is 2.04. The monoisotopic (exact) mass is 471 g/mol. The zero-order chi connectivity index (χ0) is 23.0. The Labute approximate surface area is 199 Å². The molecule has 0 aliphatic carbocycles. The average molecular weight is 472 g/mol. The van der Waals surface area contributed by atoms with Gasteiger partial charge in [-0.1, -0.05) is 72.8 Å². The van der Waals surface area contributed by atoms with Crippen molar-refractivity contribution in [3.8, 4) is 5.75 Å². The quantitative estimate of drug-likeness (QED) is 0.331. The van der Waals surface area contributed by atoms with Crippen molar-refractivity contribution in [3.63, 3.8) is 0 Å². The van der Waals surface area contributed by atoms with Gasteiger partial charge in [-0.2, -0.15) is 0 Å². The third-order valence-electron chi connectivity index (χ3n) is 5.46. The molecular formula is C26H30ClNO3S. The van der Waals surface area contributed by atoms with Gasteiger partial charge in [-0.15, -0.1) is 0 Å². The highest BCUT2D eigenvalue weighted by atomic mass is 35.5. The van der Waals surface area contributed by atoms with Crippen molar-refractivity contribution in [2.45, 2.75) is 54.2 Å². The van der Waals surface area contributed by atoms with Crippen molar-refractivity contribution in [1.29, 1.82) is 0 Å². The van der Waals surface area contributed by atoms with Gasteiger partial charge in [0.25, 0.3) is 0 Å². The van der Waals surface area contributed by atoms with Crippen LogP contribution in [0.3, 0.4) is 0 Å². The third kappa shape index (κ3) is 6.74. The molecule has 3 rings (SSSR count). The number of benzene rings is 3. The molecule has 3 aromatic rings. The van der Waals surface area contributed by atoms with E-state index in [1.807, 2.05) is 79.7 Å². The number of hydrogen-bond acceptors (Lipinski definition) is 5. The molecule has 0 radical (unpaired) electrons. The summed E-state index contributed by atoms with van der Waals surface area (Å²) in [6, 6.07) is 23.9. The fraction of sp³-hybridized carbons (Fsp3) is 0.308. The van der Waals surface area contributed by atoms with E-state index in [1.165, 1.54) is 0 Å². The van der Waals surface area contributed by atoms with Crippen LogP contribution in [-0.2, 0) is 12.1 Å². The summed E-state index contributed by atoms with van der Waals surface area (Å²) >= 11 is 8.22. The van der Waals surface area contributed by atoms with Crippen molar-refractivity contribution in [1.82, 2.24) is 0 Å². The maximum absolute atomic E-state index is 10.2. The lowest BCUT2D eigenvalue weighted by atomic mass is 9.82. The molecule has 0 heterocycles. The summed E-state index contributed by atoms with van der Waals surface area (Å²) in [5.74, 6) is 0.811. The SMILES string of the molecule is CCC(N)(CC(O)CCO)c1ccc(Sc2cccc(OCc3ccccc3)c2)cc1Cl. The molecule has 6 heteroatoms. The fourth-order valence-electron chi connectivity index (χ4n) is 3.58. The molecule has 4 nitrogen and oxygen atoms in total. The van der Waals surface area contributed by atoms with Gasteiger partial charge in [0.05, 0.1) is 6.10 Å². The van der Waals surface area contributed by atoms with E-state index < -0.39 is 11.6 Å². The third-order valence-corrected chi connectivity index (χ3v) is 6.75. The Balaban J connectivity index is 1.70. The van der Waals surface area contributed by atoms with Gasteiger partial charge in [0.1, 0.15) is 12.4 Å². The molecule has 0 bridgehead atoms. The second kappa shape index (κ2) is 11.7. The van der Waals surface area contributed by atoms with E-state index in [4.69, 9.17) is 27.2 Å². The zero-order valence-corrected chi connectivity index (χ0v) is 19.8. The predicted octanol–water partition coefficient (Wildman–Crippen LogP) is 5.77. The lowest BCUT2D eigenvalue weighted by molar-refractivity contribution is 0.0984. The van der Waals surface area contributed by atoms with E-state index in [0.717, 1.165) is 26.7 Å². The molecule has 2 unspecified atom stereocenters. The normalized spacial score (nSPS) is 14.0. The van der Waals surface area contributed by atoms with E-state index in [-0.39, 0.29) is 6.61 Å². The summed E-state index contributed by atoms with van der Waals surface area (Å²) in [7, 11) is 0. The summed E-state index contributed by atoms with van der Waals surface area (Å²) in [5.41, 5.74) is 7.79. The van der Waals surface area contributed by atoms with Gasteiger partial charge in [0.15, 0.2) is 0 Å². The van der Waals surface area contributed by atoms with Crippen LogP contribution in [0.4, 0.5) is 0 Å². The standard InChI is InChI=1S/C26H30ClNO3S/c1-2-26(28,17-20(30)13-14-29)24-12-11-23(16-25(24)27)32-22-10-6-9-21(15-22)31-18-19-7-4-3-5-8-19/h3-12,15-16,20,29-30H,2,13-14,17-18,28H2,1H3. The Morgan fingerprint density at radius 1 is 1.03 bits per heavy atom. The van der Waals surface area contributed by atoms with Crippen LogP contribution in [0.1, 0.15) is 37.3 Å². The molecule has 0 saturated carbocycles. The molecule has 0 aliphatic rings. The van der Waals surface area contributed by atoms with Crippen molar-refractivity contribution in [3.05, 3.63) is 88.9 Å². The summed E-state index contributed by atoms with van der Waals surface area (Å²) in [5, 5.41) is 19.8. The van der Waals surface area contributed by atoms with E-state index in [0.29, 0.717) is 30.9 Å². The first-order valence-corrected chi connectivity index (χ1v) is 12.0. The largest absolute Gasteiger partial charge is 0.489 e. The maximum atomic E-state index is 10.2. The van der Waals surface area contributed by atoms with Gasteiger partial charge in [-0.05, 0) is 60.7 Å². The molecule has 0 aromatic heterocycles. The minimum absolute atomic E-state index is 0.0710. The first-order valence-electron chi connectivity index (χ1n) is 10.8. The van der Waals surface area contributed by atoms with E-state index in [9.17, 15) is 5.11 Å². The van der Waals surface area contributed by atoms with Gasteiger partial charge >= 0.3 is 0 Å². The molecule has 170 valence electrons. The lowest BCUT2D eigenvalue weighted by Gasteiger charge is -2.32. The number of aliphatic hydroxyl groups is 2. The number of ether oxygens (including phenoxy) is 1. The van der Waals surface area contributed by atoms with Crippen molar-refractivity contribution in [2.75, 3.05) is 6.61 Å². The van der Waals surface area contributed by atoms with E-state index >= 15 is 0 Å². The van der Waals surface area contributed by atoms with Gasteiger partial charge in [0, 0.05) is 27.0 Å². The van der Waals surface area contributed by atoms with E-state index in [1.54, 1.807) is 11.8 Å². The molecule has 2 atom stereocenters. The first-order chi connectivity index (χ1) is 15.4. The molecule has 0 aliphatic heterocycles. The molecule has 32 heavy (non-hydrogen) atoms. The Bertz CT molecular complexity index is 1000. The van der Waals surface area contributed by atoms with Crippen LogP contribution in [0.5, 0.6) is 5.75 Å². The predicted molar refractivity (Wildman–Crippen MR) is 131 cm³/mol. The molecule has 0 saturated heterocycles. The van der Waals surface area contributed by atoms with Crippen LogP contribution >= 0.6 is 23.4 Å². The smallest absolute Gasteiger partial charge is 0.120 e. The first kappa shape index (κ1) is 24.6. The van der Waals surface area contributed by atoms with Crippen LogP contribution in [0, 0.1) is 0 Å². The average Bonchev–Trinajstić information content (AvgIpc) is 2.79. The Morgan fingerprint density at radius 3 is 2.47 bits per heavy atom. The van der Waals surface area contributed by atoms with Crippen molar-refractivity contribution >= 4 is 23.4 Å². The van der Waals surface area contributed by atoms with Gasteiger partial charge in [0.2, 0.25) is 0 Å². The van der Waals surface area contributed by atoms with Crippen LogP contribution in [0.25, 0.3) is 0 Å². The minimum Gasteiger partial charge on any atom is -0.489 e. The second-order valence-electron chi connectivity index (χ2n) is 7.87. The summed E-state index contributed by atoms with van der Waals surface area (Å²) in [6.07, 6.45) is 0.598. The summed E-state index contributed by atoms with van der Waals surface area (Å²) in [6.45, 7) is 2.43. The number of hydrogen-bond donors (Lipinski definition) is 3. The zero-order valence-electron chi connectivity index (χ0n) is 18.2.